The van der Waals surface area contributed by atoms with Crippen molar-refractivity contribution in [1.82, 2.24) is 0 Å². The molecule has 1 aliphatic heterocycles. The van der Waals surface area contributed by atoms with E-state index < -0.39 is 24.5 Å². The molecule has 1 aliphatic carbocycles. The number of fused-ring (bicyclic) bond motifs is 1. The summed E-state index contributed by atoms with van der Waals surface area (Å²) in [4.78, 5) is 63.2. The number of amides is 3. The van der Waals surface area contributed by atoms with E-state index in [9.17, 15) is 24.0 Å². The lowest BCUT2D eigenvalue weighted by molar-refractivity contribution is -0.122. The van der Waals surface area contributed by atoms with Gasteiger partial charge < -0.3 is 14.8 Å². The molecule has 1 heterocycles. The zero-order valence-corrected chi connectivity index (χ0v) is 20.6. The van der Waals surface area contributed by atoms with Gasteiger partial charge in [0.15, 0.2) is 6.61 Å². The fourth-order valence-electron chi connectivity index (χ4n) is 4.23. The van der Waals surface area contributed by atoms with Crippen LogP contribution in [-0.2, 0) is 23.9 Å². The van der Waals surface area contributed by atoms with Gasteiger partial charge in [-0.05, 0) is 67.3 Å². The van der Waals surface area contributed by atoms with Crippen molar-refractivity contribution in [2.24, 2.45) is 17.8 Å². The minimum atomic E-state index is -0.720. The molecule has 4 rings (SSSR count). The Bertz CT molecular complexity index is 1210. The van der Waals surface area contributed by atoms with Gasteiger partial charge >= 0.3 is 11.9 Å². The Kier molecular flexibility index (Phi) is 7.81. The maximum Gasteiger partial charge on any atom is 0.338 e. The third kappa shape index (κ3) is 5.94. The SMILES string of the molecule is CC(C)COC(=O)c1ccc(NC(=O)COC(=O)c2ccc(N3C(=O)[C@@H]4CC=CC[C@H]4C3=O)cc2)cc1. The van der Waals surface area contributed by atoms with E-state index in [0.717, 1.165) is 0 Å². The quantitative estimate of drug-likeness (QED) is 0.330. The number of benzene rings is 2. The van der Waals surface area contributed by atoms with Crippen molar-refractivity contribution in [3.8, 4) is 0 Å². The van der Waals surface area contributed by atoms with Crippen molar-refractivity contribution >= 4 is 41.0 Å². The van der Waals surface area contributed by atoms with E-state index in [0.29, 0.717) is 36.4 Å². The van der Waals surface area contributed by atoms with Crippen LogP contribution in [0.1, 0.15) is 47.4 Å². The highest BCUT2D eigenvalue weighted by molar-refractivity contribution is 6.22. The summed E-state index contributed by atoms with van der Waals surface area (Å²) in [5.74, 6) is -2.62. The molecule has 0 spiro atoms. The second kappa shape index (κ2) is 11.2. The maximum absolute atomic E-state index is 12.7. The van der Waals surface area contributed by atoms with E-state index in [2.05, 4.69) is 5.32 Å². The Morgan fingerprint density at radius 3 is 1.89 bits per heavy atom. The molecule has 1 saturated heterocycles. The summed E-state index contributed by atoms with van der Waals surface area (Å²) in [5, 5.41) is 2.59. The maximum atomic E-state index is 12.7. The Labute approximate surface area is 214 Å². The predicted molar refractivity (Wildman–Crippen MR) is 135 cm³/mol. The molecule has 0 aromatic heterocycles. The van der Waals surface area contributed by atoms with Gasteiger partial charge in [-0.3, -0.25) is 19.3 Å². The number of ether oxygens (including phenoxy) is 2. The number of imide groups is 1. The molecule has 2 aliphatic rings. The van der Waals surface area contributed by atoms with Crippen LogP contribution in [0.25, 0.3) is 0 Å². The monoisotopic (exact) mass is 504 g/mol. The Morgan fingerprint density at radius 1 is 0.838 bits per heavy atom. The van der Waals surface area contributed by atoms with Crippen molar-refractivity contribution in [2.45, 2.75) is 26.7 Å². The van der Waals surface area contributed by atoms with Gasteiger partial charge in [0.25, 0.3) is 5.91 Å². The van der Waals surface area contributed by atoms with E-state index in [1.54, 1.807) is 12.1 Å². The number of carbonyl (C=O) groups is 5. The number of nitrogens with zero attached hydrogens (tertiary/aromatic N) is 1. The third-order valence-electron chi connectivity index (χ3n) is 6.16. The Hall–Kier alpha value is -4.27. The van der Waals surface area contributed by atoms with Crippen LogP contribution >= 0.6 is 0 Å². The highest BCUT2D eigenvalue weighted by Crippen LogP contribution is 2.37. The van der Waals surface area contributed by atoms with Crippen LogP contribution in [0.2, 0.25) is 0 Å². The van der Waals surface area contributed by atoms with Crippen LogP contribution in [0.5, 0.6) is 0 Å². The molecular formula is C28H28N2O7. The number of carbonyl (C=O) groups excluding carboxylic acids is 5. The lowest BCUT2D eigenvalue weighted by Gasteiger charge is -2.15. The summed E-state index contributed by atoms with van der Waals surface area (Å²) in [7, 11) is 0. The number of hydrogen-bond donors (Lipinski definition) is 1. The average molecular weight is 505 g/mol. The van der Waals surface area contributed by atoms with E-state index in [1.165, 1.54) is 41.3 Å². The van der Waals surface area contributed by atoms with Gasteiger partial charge in [0.05, 0.1) is 35.3 Å². The topological polar surface area (TPSA) is 119 Å². The summed E-state index contributed by atoms with van der Waals surface area (Å²) < 4.78 is 10.2. The normalized spacial score (nSPS) is 18.5. The zero-order chi connectivity index (χ0) is 26.5. The summed E-state index contributed by atoms with van der Waals surface area (Å²) in [6.07, 6.45) is 4.94. The molecule has 0 radical (unpaired) electrons. The van der Waals surface area contributed by atoms with Crippen molar-refractivity contribution in [2.75, 3.05) is 23.4 Å². The van der Waals surface area contributed by atoms with Gasteiger partial charge in [0.2, 0.25) is 11.8 Å². The largest absolute Gasteiger partial charge is 0.462 e. The van der Waals surface area contributed by atoms with E-state index >= 15 is 0 Å². The van der Waals surface area contributed by atoms with Gasteiger partial charge in [0, 0.05) is 5.69 Å². The van der Waals surface area contributed by atoms with E-state index in [4.69, 9.17) is 9.47 Å². The molecular weight excluding hydrogens is 476 g/mol. The summed E-state index contributed by atoms with van der Waals surface area (Å²) in [5.41, 5.74) is 1.37. The molecule has 0 unspecified atom stereocenters. The molecule has 2 aromatic rings. The first-order valence-corrected chi connectivity index (χ1v) is 12.1. The highest BCUT2D eigenvalue weighted by Gasteiger charge is 2.47. The van der Waals surface area contributed by atoms with E-state index in [1.807, 2.05) is 26.0 Å². The summed E-state index contributed by atoms with van der Waals surface area (Å²) in [6.45, 7) is 3.68. The molecule has 192 valence electrons. The van der Waals surface area contributed by atoms with Crippen LogP contribution in [0.3, 0.4) is 0 Å². The van der Waals surface area contributed by atoms with Crippen molar-refractivity contribution in [3.63, 3.8) is 0 Å². The summed E-state index contributed by atoms with van der Waals surface area (Å²) >= 11 is 0. The molecule has 37 heavy (non-hydrogen) atoms. The zero-order valence-electron chi connectivity index (χ0n) is 20.6. The molecule has 0 saturated carbocycles. The van der Waals surface area contributed by atoms with Crippen LogP contribution in [0.15, 0.2) is 60.7 Å². The molecule has 9 nitrogen and oxygen atoms in total. The van der Waals surface area contributed by atoms with Crippen molar-refractivity contribution in [1.29, 1.82) is 0 Å². The molecule has 2 atom stereocenters. The molecule has 3 amide bonds. The first-order valence-electron chi connectivity index (χ1n) is 12.1. The van der Waals surface area contributed by atoms with Gasteiger partial charge in [-0.25, -0.2) is 9.59 Å². The fraction of sp³-hybridized carbons (Fsp3) is 0.321. The average Bonchev–Trinajstić information content (AvgIpc) is 3.16. The van der Waals surface area contributed by atoms with Crippen LogP contribution in [0.4, 0.5) is 11.4 Å². The first-order chi connectivity index (χ1) is 17.7. The van der Waals surface area contributed by atoms with Crippen molar-refractivity contribution < 1.29 is 33.4 Å². The number of hydrogen-bond acceptors (Lipinski definition) is 7. The van der Waals surface area contributed by atoms with Crippen molar-refractivity contribution in [3.05, 3.63) is 71.8 Å². The highest BCUT2D eigenvalue weighted by atomic mass is 16.5. The van der Waals surface area contributed by atoms with Crippen LogP contribution < -0.4 is 10.2 Å². The lowest BCUT2D eigenvalue weighted by atomic mass is 9.85. The lowest BCUT2D eigenvalue weighted by Crippen LogP contribution is -2.30. The number of anilines is 2. The number of esters is 2. The molecule has 9 heteroatoms. The predicted octanol–water partition coefficient (Wildman–Crippen LogP) is 3.75. The van der Waals surface area contributed by atoms with Gasteiger partial charge in [-0.2, -0.15) is 0 Å². The third-order valence-corrected chi connectivity index (χ3v) is 6.16. The van der Waals surface area contributed by atoms with Gasteiger partial charge in [-0.1, -0.05) is 26.0 Å². The second-order valence-corrected chi connectivity index (χ2v) is 9.41. The van der Waals surface area contributed by atoms with Gasteiger partial charge in [0.1, 0.15) is 0 Å². The molecule has 0 bridgehead atoms. The van der Waals surface area contributed by atoms with E-state index in [-0.39, 0.29) is 35.1 Å². The molecule has 1 fully saturated rings. The fourth-order valence-corrected chi connectivity index (χ4v) is 4.23. The molecule has 1 N–H and O–H groups in total. The first kappa shape index (κ1) is 25.8. The minimum absolute atomic E-state index is 0.180. The molecule has 2 aromatic carbocycles. The second-order valence-electron chi connectivity index (χ2n) is 9.41. The Morgan fingerprint density at radius 2 is 1.35 bits per heavy atom. The van der Waals surface area contributed by atoms with Crippen LogP contribution in [0, 0.1) is 17.8 Å². The summed E-state index contributed by atoms with van der Waals surface area (Å²) in [6, 6.07) is 12.1. The number of allylic oxidation sites excluding steroid dienone is 2. The van der Waals surface area contributed by atoms with Crippen LogP contribution in [-0.4, -0.2) is 42.9 Å². The number of nitrogens with one attached hydrogen (secondary N) is 1. The standard InChI is InChI=1S/C28H28N2O7/c1-17(2)15-36-27(34)18-7-11-20(12-8-18)29-24(31)16-37-28(35)19-9-13-21(14-10-19)30-25(32)22-5-3-4-6-23(22)26(30)33/h3-4,7-14,17,22-23H,5-6,15-16H2,1-2H3,(H,29,31)/t22-,23-/m1/s1. The smallest absolute Gasteiger partial charge is 0.338 e. The minimum Gasteiger partial charge on any atom is -0.462 e. The van der Waals surface area contributed by atoms with Gasteiger partial charge in [-0.15, -0.1) is 0 Å². The Balaban J connectivity index is 1.27. The number of rotatable bonds is 8.